The molecule has 1 rings (SSSR count). The van der Waals surface area contributed by atoms with Crippen molar-refractivity contribution >= 4 is 38.9 Å². The van der Waals surface area contributed by atoms with Crippen LogP contribution >= 0.6 is 23.2 Å². The summed E-state index contributed by atoms with van der Waals surface area (Å²) in [5.74, 6) is 0. The third kappa shape index (κ3) is 2.59. The lowest BCUT2D eigenvalue weighted by molar-refractivity contribution is -0.384. The Hall–Kier alpha value is -1.54. The molecule has 0 radical (unpaired) electrons. The third-order valence-electron chi connectivity index (χ3n) is 1.64. The number of rotatable bonds is 3. The second-order valence-electron chi connectivity index (χ2n) is 2.61. The van der Waals surface area contributed by atoms with Crippen molar-refractivity contribution in [1.82, 2.24) is 0 Å². The van der Waals surface area contributed by atoms with Crippen LogP contribution in [-0.2, 0) is 10.0 Å². The molecule has 90 valence electrons. The highest BCUT2D eigenvalue weighted by atomic mass is 35.5. The number of hydrogen-bond acceptors (Lipinski definition) is 4. The minimum atomic E-state index is -4.40. The summed E-state index contributed by atoms with van der Waals surface area (Å²) in [6.07, 6.45) is 0. The lowest BCUT2D eigenvalue weighted by Crippen LogP contribution is -2.00. The minimum Gasteiger partial charge on any atom is -0.258 e. The fourth-order valence-electron chi connectivity index (χ4n) is 0.981. The molecule has 0 bridgehead atoms. The topological polar surface area (TPSA) is 126 Å². The molecule has 0 spiro atoms. The van der Waals surface area contributed by atoms with Crippen molar-refractivity contribution < 1.29 is 13.3 Å². The summed E-state index contributed by atoms with van der Waals surface area (Å²) in [4.78, 5) is 11.1. The van der Waals surface area contributed by atoms with Crippen LogP contribution in [0.5, 0.6) is 0 Å². The second-order valence-corrected chi connectivity index (χ2v) is 4.95. The first-order chi connectivity index (χ1) is 7.81. The van der Waals surface area contributed by atoms with Crippen molar-refractivity contribution in [3.05, 3.63) is 42.7 Å². The van der Waals surface area contributed by atoms with Gasteiger partial charge in [-0.05, 0) is 17.7 Å². The van der Waals surface area contributed by atoms with E-state index in [0.717, 1.165) is 12.1 Å². The molecule has 1 aromatic rings. The number of nitro benzene ring substituents is 1. The maximum absolute atomic E-state index is 11.4. The van der Waals surface area contributed by atoms with Gasteiger partial charge >= 0.3 is 5.69 Å². The van der Waals surface area contributed by atoms with E-state index >= 15 is 0 Å². The Morgan fingerprint density at radius 3 is 2.47 bits per heavy atom. The van der Waals surface area contributed by atoms with Crippen molar-refractivity contribution in [1.29, 1.82) is 0 Å². The summed E-state index contributed by atoms with van der Waals surface area (Å²) in [6.45, 7) is 0. The average Bonchev–Trinajstić information content (AvgIpc) is 2.15. The number of benzene rings is 1. The van der Waals surface area contributed by atoms with Crippen molar-refractivity contribution in [2.24, 2.45) is 4.52 Å². The van der Waals surface area contributed by atoms with Crippen LogP contribution in [0.1, 0.15) is 0 Å². The molecule has 0 amide bonds. The monoisotopic (exact) mass is 296 g/mol. The van der Waals surface area contributed by atoms with E-state index < -0.39 is 30.6 Å². The summed E-state index contributed by atoms with van der Waals surface area (Å²) in [7, 11) is -4.40. The number of hydrogen-bond donors (Lipinski definition) is 0. The third-order valence-corrected chi connectivity index (χ3v) is 3.62. The molecule has 0 aliphatic rings. The molecule has 0 heterocycles. The van der Waals surface area contributed by atoms with Crippen LogP contribution in [0.2, 0.25) is 10.0 Å². The molecule has 0 aliphatic carbocycles. The molecule has 17 heavy (non-hydrogen) atoms. The van der Waals surface area contributed by atoms with E-state index in [1.165, 1.54) is 0 Å². The molecular weight excluding hydrogens is 295 g/mol. The van der Waals surface area contributed by atoms with Crippen LogP contribution in [0.15, 0.2) is 21.5 Å². The molecule has 0 saturated heterocycles. The van der Waals surface area contributed by atoms with E-state index in [9.17, 15) is 18.5 Å². The van der Waals surface area contributed by atoms with Gasteiger partial charge in [-0.2, -0.15) is 0 Å². The van der Waals surface area contributed by atoms with Crippen molar-refractivity contribution in [3.8, 4) is 0 Å². The number of nitro groups is 1. The van der Waals surface area contributed by atoms with E-state index in [1.807, 2.05) is 0 Å². The van der Waals surface area contributed by atoms with Gasteiger partial charge in [-0.25, -0.2) is 8.42 Å². The number of sulfonamides is 1. The van der Waals surface area contributed by atoms with Gasteiger partial charge in [0.05, 0.1) is 4.92 Å². The molecule has 8 nitrogen and oxygen atoms in total. The zero-order valence-corrected chi connectivity index (χ0v) is 10.1. The molecule has 0 fully saturated rings. The molecular formula is C6H2Cl2N4O4S. The lowest BCUT2D eigenvalue weighted by Gasteiger charge is -2.02. The standard InChI is InChI=1S/C6H2Cl2N4O4S/c7-3-1-2-4(17(15,16)11-10-9)5(8)6(3)12(13)14/h1-2H. The fraction of sp³-hybridized carbons (Fsp3) is 0. The van der Waals surface area contributed by atoms with E-state index in [2.05, 4.69) is 9.43 Å². The van der Waals surface area contributed by atoms with Crippen LogP contribution in [0, 0.1) is 10.1 Å². The summed E-state index contributed by atoms with van der Waals surface area (Å²) in [5.41, 5.74) is 7.30. The Bertz CT molecular complexity index is 638. The fourth-order valence-corrected chi connectivity index (χ4v) is 2.53. The zero-order chi connectivity index (χ0) is 13.2. The highest BCUT2D eigenvalue weighted by Gasteiger charge is 2.26. The van der Waals surface area contributed by atoms with Gasteiger partial charge in [-0.3, -0.25) is 10.1 Å². The smallest absolute Gasteiger partial charge is 0.258 e. The first kappa shape index (κ1) is 13.5. The molecule has 0 atom stereocenters. The highest BCUT2D eigenvalue weighted by molar-refractivity contribution is 7.90. The maximum Gasteiger partial charge on any atom is 0.307 e. The van der Waals surface area contributed by atoms with Crippen LogP contribution in [-0.4, -0.2) is 13.3 Å². The molecule has 0 aliphatic heterocycles. The maximum atomic E-state index is 11.4. The minimum absolute atomic E-state index is 0.320. The van der Waals surface area contributed by atoms with Crippen molar-refractivity contribution in [3.63, 3.8) is 0 Å². The molecule has 0 saturated carbocycles. The summed E-state index contributed by atoms with van der Waals surface area (Å²) >= 11 is 11.0. The van der Waals surface area contributed by atoms with Gasteiger partial charge in [0, 0.05) is 9.43 Å². The second kappa shape index (κ2) is 4.76. The SMILES string of the molecule is [N-]=[N+]=NS(=O)(=O)c1ccc(Cl)c([N+](=O)[O-])c1Cl. The Kier molecular flexibility index (Phi) is 3.79. The van der Waals surface area contributed by atoms with E-state index in [4.69, 9.17) is 28.7 Å². The molecule has 0 N–H and O–H groups in total. The molecule has 0 aromatic heterocycles. The van der Waals surface area contributed by atoms with Gasteiger partial charge in [-0.1, -0.05) is 23.2 Å². The first-order valence-electron chi connectivity index (χ1n) is 3.75. The highest BCUT2D eigenvalue weighted by Crippen LogP contribution is 2.37. The first-order valence-corrected chi connectivity index (χ1v) is 5.94. The normalized spacial score (nSPS) is 10.7. The van der Waals surface area contributed by atoms with E-state index in [0.29, 0.717) is 0 Å². The van der Waals surface area contributed by atoms with Crippen molar-refractivity contribution in [2.75, 3.05) is 0 Å². The van der Waals surface area contributed by atoms with Crippen LogP contribution < -0.4 is 0 Å². The number of halogens is 2. The number of azide groups is 1. The molecule has 11 heteroatoms. The predicted octanol–water partition coefficient (Wildman–Crippen LogP) is 2.90. The van der Waals surface area contributed by atoms with Gasteiger partial charge in [-0.15, -0.1) is 0 Å². The predicted molar refractivity (Wildman–Crippen MR) is 59.4 cm³/mol. The van der Waals surface area contributed by atoms with Crippen molar-refractivity contribution in [2.45, 2.75) is 4.90 Å². The molecule has 0 unspecified atom stereocenters. The Morgan fingerprint density at radius 2 is 2.00 bits per heavy atom. The zero-order valence-electron chi connectivity index (χ0n) is 7.74. The average molecular weight is 297 g/mol. The van der Waals surface area contributed by atoms with Gasteiger partial charge in [0.2, 0.25) is 0 Å². The van der Waals surface area contributed by atoms with Gasteiger partial charge < -0.3 is 0 Å². The quantitative estimate of drug-likeness (QED) is 0.279. The Balaban J connectivity index is 3.66. The Morgan fingerprint density at radius 1 is 1.41 bits per heavy atom. The van der Waals surface area contributed by atoms with Crippen LogP contribution in [0.3, 0.4) is 0 Å². The van der Waals surface area contributed by atoms with Gasteiger partial charge in [0.1, 0.15) is 14.9 Å². The summed E-state index contributed by atoms with van der Waals surface area (Å²) in [6, 6.07) is 1.90. The van der Waals surface area contributed by atoms with Gasteiger partial charge in [0.15, 0.2) is 0 Å². The van der Waals surface area contributed by atoms with E-state index in [1.54, 1.807) is 0 Å². The van der Waals surface area contributed by atoms with E-state index in [-0.39, 0.29) is 5.02 Å². The summed E-state index contributed by atoms with van der Waals surface area (Å²) in [5, 5.41) is 9.60. The summed E-state index contributed by atoms with van der Waals surface area (Å²) < 4.78 is 25.3. The van der Waals surface area contributed by atoms with Crippen LogP contribution in [0.4, 0.5) is 5.69 Å². The molecule has 1 aromatic carbocycles. The largest absolute Gasteiger partial charge is 0.307 e. The van der Waals surface area contributed by atoms with Crippen LogP contribution in [0.25, 0.3) is 10.4 Å². The Labute approximate surface area is 105 Å². The number of nitrogens with zero attached hydrogens (tertiary/aromatic N) is 4. The van der Waals surface area contributed by atoms with Gasteiger partial charge in [0.25, 0.3) is 10.0 Å². The lowest BCUT2D eigenvalue weighted by atomic mass is 10.3.